The van der Waals surface area contributed by atoms with Gasteiger partial charge in [-0.2, -0.15) is 0 Å². The molecule has 2 rings (SSSR count). The van der Waals surface area contributed by atoms with E-state index in [1.807, 2.05) is 0 Å². The minimum Gasteiger partial charge on any atom is -0.397 e. The number of hydrogen-bond acceptors (Lipinski definition) is 4. The van der Waals surface area contributed by atoms with Crippen LogP contribution >= 0.6 is 27.3 Å². The van der Waals surface area contributed by atoms with Crippen molar-refractivity contribution in [1.82, 2.24) is 0 Å². The minimum atomic E-state index is -3.78. The molecule has 4 nitrogen and oxygen atoms in total. The lowest BCUT2D eigenvalue weighted by atomic mass is 10.3. The van der Waals surface area contributed by atoms with Crippen LogP contribution in [0, 0.1) is 12.7 Å². The van der Waals surface area contributed by atoms with Gasteiger partial charge in [-0.1, -0.05) is 0 Å². The average molecular weight is 365 g/mol. The van der Waals surface area contributed by atoms with Crippen LogP contribution in [0.2, 0.25) is 0 Å². The third kappa shape index (κ3) is 3.07. The van der Waals surface area contributed by atoms with Crippen molar-refractivity contribution in [1.29, 1.82) is 0 Å². The topological polar surface area (TPSA) is 72.2 Å². The number of nitrogens with two attached hydrogens (primary N) is 1. The van der Waals surface area contributed by atoms with Crippen LogP contribution in [-0.2, 0) is 10.0 Å². The summed E-state index contributed by atoms with van der Waals surface area (Å²) >= 11 is 4.53. The summed E-state index contributed by atoms with van der Waals surface area (Å²) in [5, 5.41) is 0. The summed E-state index contributed by atoms with van der Waals surface area (Å²) < 4.78 is 40.5. The Hall–Kier alpha value is -1.12. The fraction of sp³-hybridized carbons (Fsp3) is 0.0909. The van der Waals surface area contributed by atoms with Gasteiger partial charge in [0.15, 0.2) is 0 Å². The van der Waals surface area contributed by atoms with Gasteiger partial charge in [0.25, 0.3) is 10.0 Å². The summed E-state index contributed by atoms with van der Waals surface area (Å²) in [5.74, 6) is -0.560. The molecule has 2 aromatic rings. The fourth-order valence-corrected chi connectivity index (χ4v) is 5.01. The number of benzene rings is 1. The molecule has 0 saturated carbocycles. The van der Waals surface area contributed by atoms with Gasteiger partial charge in [0, 0.05) is 10.9 Å². The maximum absolute atomic E-state index is 13.1. The Bertz CT molecular complexity index is 728. The van der Waals surface area contributed by atoms with E-state index in [0.717, 1.165) is 6.07 Å². The Morgan fingerprint density at radius 1 is 1.37 bits per heavy atom. The SMILES string of the molecule is Cc1sc(Br)cc1S(=O)(=O)Nc1cc(F)ccc1N. The Morgan fingerprint density at radius 2 is 2.05 bits per heavy atom. The number of thiophene rings is 1. The van der Waals surface area contributed by atoms with Crippen LogP contribution in [0.25, 0.3) is 0 Å². The van der Waals surface area contributed by atoms with Gasteiger partial charge in [-0.25, -0.2) is 12.8 Å². The van der Waals surface area contributed by atoms with Crippen LogP contribution in [0.15, 0.2) is 32.9 Å². The van der Waals surface area contributed by atoms with Crippen molar-refractivity contribution in [2.75, 3.05) is 10.5 Å². The van der Waals surface area contributed by atoms with Crippen LogP contribution < -0.4 is 10.5 Å². The number of sulfonamides is 1. The highest BCUT2D eigenvalue weighted by Gasteiger charge is 2.20. The number of halogens is 2. The predicted molar refractivity (Wildman–Crippen MR) is 78.4 cm³/mol. The van der Waals surface area contributed by atoms with E-state index in [0.29, 0.717) is 8.66 Å². The van der Waals surface area contributed by atoms with Gasteiger partial charge in [0.1, 0.15) is 10.7 Å². The maximum atomic E-state index is 13.1. The number of anilines is 2. The molecule has 0 fully saturated rings. The maximum Gasteiger partial charge on any atom is 0.263 e. The molecule has 0 atom stereocenters. The smallest absolute Gasteiger partial charge is 0.263 e. The van der Waals surface area contributed by atoms with Crippen LogP contribution in [0.1, 0.15) is 4.88 Å². The zero-order valence-electron chi connectivity index (χ0n) is 9.78. The molecular formula is C11H10BrFN2O2S2. The standard InChI is InChI=1S/C11H10BrFN2O2S2/c1-6-10(5-11(12)18-6)19(16,17)15-9-4-7(13)2-3-8(9)14/h2-5,15H,14H2,1H3. The predicted octanol–water partition coefficient (Wildman–Crippen LogP) is 3.34. The third-order valence-corrected chi connectivity index (χ3v) is 5.57. The van der Waals surface area contributed by atoms with E-state index in [1.54, 1.807) is 6.92 Å². The molecule has 0 radical (unpaired) electrons. The second kappa shape index (κ2) is 5.10. The first kappa shape index (κ1) is 14.3. The van der Waals surface area contributed by atoms with Gasteiger partial charge in [-0.3, -0.25) is 4.72 Å². The minimum absolute atomic E-state index is 0.0294. The lowest BCUT2D eigenvalue weighted by molar-refractivity contribution is 0.601. The third-order valence-electron chi connectivity index (χ3n) is 2.39. The van der Waals surface area contributed by atoms with Crippen molar-refractivity contribution in [2.45, 2.75) is 11.8 Å². The van der Waals surface area contributed by atoms with Gasteiger partial charge in [-0.05, 0) is 41.1 Å². The van der Waals surface area contributed by atoms with Crippen LogP contribution in [-0.4, -0.2) is 8.42 Å². The summed E-state index contributed by atoms with van der Waals surface area (Å²) in [7, 11) is -3.78. The monoisotopic (exact) mass is 364 g/mol. The molecule has 1 aromatic heterocycles. The molecule has 0 amide bonds. The lowest BCUT2D eigenvalue weighted by Crippen LogP contribution is -2.14. The molecule has 19 heavy (non-hydrogen) atoms. The van der Waals surface area contributed by atoms with E-state index < -0.39 is 15.8 Å². The molecule has 0 bridgehead atoms. The van der Waals surface area contributed by atoms with Crippen LogP contribution in [0.3, 0.4) is 0 Å². The number of nitrogen functional groups attached to an aromatic ring is 1. The average Bonchev–Trinajstić information content (AvgIpc) is 2.63. The first-order chi connectivity index (χ1) is 8.79. The van der Waals surface area contributed by atoms with E-state index >= 15 is 0 Å². The quantitative estimate of drug-likeness (QED) is 0.820. The normalized spacial score (nSPS) is 11.5. The number of aryl methyl sites for hydroxylation is 1. The van der Waals surface area contributed by atoms with E-state index in [-0.39, 0.29) is 16.3 Å². The van der Waals surface area contributed by atoms with E-state index in [4.69, 9.17) is 5.73 Å². The summed E-state index contributed by atoms with van der Waals surface area (Å²) in [6, 6.07) is 5.02. The molecule has 0 aliphatic heterocycles. The van der Waals surface area contributed by atoms with E-state index in [2.05, 4.69) is 20.7 Å². The van der Waals surface area contributed by atoms with Gasteiger partial charge in [0.2, 0.25) is 0 Å². The number of nitrogens with one attached hydrogen (secondary N) is 1. The van der Waals surface area contributed by atoms with Crippen molar-refractivity contribution in [2.24, 2.45) is 0 Å². The zero-order chi connectivity index (χ0) is 14.2. The van der Waals surface area contributed by atoms with Gasteiger partial charge in [-0.15, -0.1) is 11.3 Å². The molecule has 3 N–H and O–H groups in total. The van der Waals surface area contributed by atoms with Crippen molar-refractivity contribution >= 4 is 48.7 Å². The molecule has 102 valence electrons. The van der Waals surface area contributed by atoms with E-state index in [1.165, 1.54) is 29.5 Å². The molecule has 1 heterocycles. The number of rotatable bonds is 3. The highest BCUT2D eigenvalue weighted by molar-refractivity contribution is 9.11. The number of hydrogen-bond donors (Lipinski definition) is 2. The molecule has 1 aromatic carbocycles. The largest absolute Gasteiger partial charge is 0.397 e. The second-order valence-electron chi connectivity index (χ2n) is 3.81. The highest BCUT2D eigenvalue weighted by atomic mass is 79.9. The van der Waals surface area contributed by atoms with Gasteiger partial charge in [0.05, 0.1) is 15.2 Å². The molecule has 8 heteroatoms. The molecule has 0 aliphatic rings. The van der Waals surface area contributed by atoms with Crippen molar-refractivity contribution in [3.05, 3.63) is 38.7 Å². The van der Waals surface area contributed by atoms with Gasteiger partial charge >= 0.3 is 0 Å². The second-order valence-corrected chi connectivity index (χ2v) is 8.09. The summed E-state index contributed by atoms with van der Waals surface area (Å²) in [5.41, 5.74) is 5.81. The van der Waals surface area contributed by atoms with E-state index in [9.17, 15) is 12.8 Å². The lowest BCUT2D eigenvalue weighted by Gasteiger charge is -2.10. The Kier molecular flexibility index (Phi) is 3.84. The fourth-order valence-electron chi connectivity index (χ4n) is 1.51. The molecule has 0 aliphatic carbocycles. The first-order valence-electron chi connectivity index (χ1n) is 5.13. The highest BCUT2D eigenvalue weighted by Crippen LogP contribution is 2.31. The molecule has 0 saturated heterocycles. The van der Waals surface area contributed by atoms with Crippen LogP contribution in [0.5, 0.6) is 0 Å². The first-order valence-corrected chi connectivity index (χ1v) is 8.22. The molecular weight excluding hydrogens is 355 g/mol. The van der Waals surface area contributed by atoms with Crippen molar-refractivity contribution in [3.8, 4) is 0 Å². The van der Waals surface area contributed by atoms with Gasteiger partial charge < -0.3 is 5.73 Å². The Balaban J connectivity index is 2.42. The Labute approximate surface area is 122 Å². The summed E-state index contributed by atoms with van der Waals surface area (Å²) in [6.45, 7) is 1.69. The molecule has 0 spiro atoms. The van der Waals surface area contributed by atoms with Crippen LogP contribution in [0.4, 0.5) is 15.8 Å². The molecule has 0 unspecified atom stereocenters. The summed E-state index contributed by atoms with van der Waals surface area (Å²) in [6.07, 6.45) is 0. The van der Waals surface area contributed by atoms with Crippen molar-refractivity contribution < 1.29 is 12.8 Å². The van der Waals surface area contributed by atoms with Crippen molar-refractivity contribution in [3.63, 3.8) is 0 Å². The Morgan fingerprint density at radius 3 is 2.63 bits per heavy atom. The zero-order valence-corrected chi connectivity index (χ0v) is 13.0. The summed E-state index contributed by atoms with van der Waals surface area (Å²) in [4.78, 5) is 0.780.